The van der Waals surface area contributed by atoms with E-state index in [2.05, 4.69) is 15.2 Å². The topological polar surface area (TPSA) is 155 Å². The Morgan fingerprint density at radius 3 is 2.40 bits per heavy atom. The summed E-state index contributed by atoms with van der Waals surface area (Å²) >= 11 is 6.21. The number of nitrogens with zero attached hydrogens (tertiary/aromatic N) is 3. The lowest BCUT2D eigenvalue weighted by Crippen LogP contribution is -2.30. The lowest BCUT2D eigenvalue weighted by Gasteiger charge is -2.15. The van der Waals surface area contributed by atoms with Gasteiger partial charge >= 0.3 is 5.97 Å². The Kier molecular flexibility index (Phi) is 7.89. The third-order valence-electron chi connectivity index (χ3n) is 6.17. The van der Waals surface area contributed by atoms with Crippen LogP contribution in [0.5, 0.6) is 0 Å². The van der Waals surface area contributed by atoms with Crippen molar-refractivity contribution in [3.05, 3.63) is 86.6 Å². The van der Waals surface area contributed by atoms with Gasteiger partial charge in [-0.1, -0.05) is 35.0 Å². The minimum absolute atomic E-state index is 0.0708. The molecular weight excluding hydrogens is 562 g/mol. The largest absolute Gasteiger partial charge is 0.449 e. The molecule has 2 N–H and O–H groups in total. The quantitative estimate of drug-likeness (QED) is 0.296. The summed E-state index contributed by atoms with van der Waals surface area (Å²) < 4.78 is 42.1. The van der Waals surface area contributed by atoms with Crippen molar-refractivity contribution in [2.24, 2.45) is 7.05 Å². The predicted octanol–water partition coefficient (Wildman–Crippen LogP) is 3.73. The number of amides is 1. The molecule has 0 bridgehead atoms. The molecule has 0 fully saturated rings. The number of carbonyl (C=O) groups is 2. The number of anilines is 2. The Bertz CT molecular complexity index is 1760. The van der Waals surface area contributed by atoms with Gasteiger partial charge in [0.05, 0.1) is 22.1 Å². The highest BCUT2D eigenvalue weighted by Gasteiger charge is 2.27. The van der Waals surface area contributed by atoms with E-state index in [9.17, 15) is 22.8 Å². The van der Waals surface area contributed by atoms with Crippen molar-refractivity contribution in [1.82, 2.24) is 14.5 Å². The minimum Gasteiger partial charge on any atom is -0.449 e. The fourth-order valence-corrected chi connectivity index (χ4v) is 5.60. The lowest BCUT2D eigenvalue weighted by atomic mass is 10.2. The molecule has 4 aromatic rings. The summed E-state index contributed by atoms with van der Waals surface area (Å²) in [7, 11) is -2.74. The van der Waals surface area contributed by atoms with Crippen LogP contribution in [0.1, 0.15) is 34.4 Å². The van der Waals surface area contributed by atoms with Crippen molar-refractivity contribution in [3.8, 4) is 5.69 Å². The number of sulfonamides is 1. The second-order valence-corrected chi connectivity index (χ2v) is 11.0. The average molecular weight is 588 g/mol. The molecule has 1 atom stereocenters. The molecule has 2 aromatic heterocycles. The number of benzene rings is 2. The van der Waals surface area contributed by atoms with E-state index in [0.717, 1.165) is 6.07 Å². The number of aryl methyl sites for hydroxylation is 2. The first-order valence-electron chi connectivity index (χ1n) is 11.9. The summed E-state index contributed by atoms with van der Waals surface area (Å²) in [6.07, 6.45) is -1.24. The second kappa shape index (κ2) is 11.0. The predicted molar refractivity (Wildman–Crippen MR) is 147 cm³/mol. The molecule has 0 aliphatic heterocycles. The van der Waals surface area contributed by atoms with Gasteiger partial charge in [0.25, 0.3) is 21.5 Å². The summed E-state index contributed by atoms with van der Waals surface area (Å²) in [5.41, 5.74) is 0.692. The Morgan fingerprint density at radius 1 is 1.10 bits per heavy atom. The number of hydrogen-bond donors (Lipinski definition) is 2. The second-order valence-electron chi connectivity index (χ2n) is 8.92. The number of halogens is 1. The Morgan fingerprint density at radius 2 is 1.77 bits per heavy atom. The minimum atomic E-state index is -4.37. The van der Waals surface area contributed by atoms with Gasteiger partial charge in [0.2, 0.25) is 0 Å². The first-order chi connectivity index (χ1) is 18.8. The van der Waals surface area contributed by atoms with Gasteiger partial charge < -0.3 is 14.6 Å². The van der Waals surface area contributed by atoms with Crippen LogP contribution in [0.2, 0.25) is 5.02 Å². The molecule has 4 rings (SSSR count). The standard InChI is InChI=1S/C26H26ClN5O7S/c1-14-22(16(3)39-29-14)26(35)38-17(4)24(33)28-18-11-12-20(27)21(13-18)40(36,37)30-23-15(2)31(5)32(25(23)34)19-9-7-6-8-10-19/h6-13,17,30H,1-5H3,(H,28,33). The molecule has 0 radical (unpaired) electrons. The molecule has 12 nitrogen and oxygen atoms in total. The van der Waals surface area contributed by atoms with Gasteiger partial charge in [-0.2, -0.15) is 0 Å². The van der Waals surface area contributed by atoms with E-state index in [1.165, 1.54) is 28.4 Å². The molecule has 0 aliphatic rings. The summed E-state index contributed by atoms with van der Waals surface area (Å²) in [6.45, 7) is 6.06. The van der Waals surface area contributed by atoms with Gasteiger partial charge in [-0.05, 0) is 58.0 Å². The Labute approximate surface area is 234 Å². The number of para-hydroxylation sites is 1. The van der Waals surface area contributed by atoms with Crippen molar-refractivity contribution >= 4 is 44.9 Å². The fraction of sp³-hybridized carbons (Fsp3) is 0.231. The molecule has 2 heterocycles. The van der Waals surface area contributed by atoms with Crippen LogP contribution >= 0.6 is 11.6 Å². The van der Waals surface area contributed by atoms with Crippen LogP contribution in [-0.2, 0) is 26.6 Å². The Hall–Kier alpha value is -4.36. The van der Waals surface area contributed by atoms with Crippen molar-refractivity contribution in [2.45, 2.75) is 38.7 Å². The molecule has 210 valence electrons. The van der Waals surface area contributed by atoms with Gasteiger partial charge in [0.15, 0.2) is 6.10 Å². The number of aromatic nitrogens is 3. The highest BCUT2D eigenvalue weighted by atomic mass is 35.5. The number of nitrogens with one attached hydrogen (secondary N) is 2. The highest BCUT2D eigenvalue weighted by molar-refractivity contribution is 7.92. The normalized spacial score (nSPS) is 12.2. The van der Waals surface area contributed by atoms with Gasteiger partial charge in [-0.25, -0.2) is 17.9 Å². The third kappa shape index (κ3) is 5.51. The van der Waals surface area contributed by atoms with Crippen molar-refractivity contribution < 1.29 is 27.3 Å². The van der Waals surface area contributed by atoms with E-state index in [4.69, 9.17) is 20.9 Å². The smallest absolute Gasteiger partial charge is 0.344 e. The number of esters is 1. The maximum atomic E-state index is 13.3. The summed E-state index contributed by atoms with van der Waals surface area (Å²) in [4.78, 5) is 38.0. The molecule has 0 aliphatic carbocycles. The summed E-state index contributed by atoms with van der Waals surface area (Å²) in [5, 5.41) is 6.05. The van der Waals surface area contributed by atoms with Crippen LogP contribution in [0, 0.1) is 20.8 Å². The van der Waals surface area contributed by atoms with Gasteiger partial charge in [0, 0.05) is 12.7 Å². The van der Waals surface area contributed by atoms with Crippen LogP contribution in [-0.4, -0.2) is 40.9 Å². The van der Waals surface area contributed by atoms with Gasteiger partial charge in [-0.3, -0.25) is 19.0 Å². The fourth-order valence-electron chi connectivity index (χ4n) is 3.95. The Balaban J connectivity index is 1.56. The molecular formula is C26H26ClN5O7S. The first kappa shape index (κ1) is 28.6. The summed E-state index contributed by atoms with van der Waals surface area (Å²) in [5.74, 6) is -1.26. The maximum Gasteiger partial charge on any atom is 0.344 e. The van der Waals surface area contributed by atoms with E-state index in [1.807, 2.05) is 0 Å². The van der Waals surface area contributed by atoms with Gasteiger partial charge in [0.1, 0.15) is 21.9 Å². The zero-order valence-corrected chi connectivity index (χ0v) is 23.8. The third-order valence-corrected chi connectivity index (χ3v) is 8.00. The van der Waals surface area contributed by atoms with E-state index >= 15 is 0 Å². The monoisotopic (exact) mass is 587 g/mol. The van der Waals surface area contributed by atoms with Crippen molar-refractivity contribution in [3.63, 3.8) is 0 Å². The molecule has 1 unspecified atom stereocenters. The summed E-state index contributed by atoms with van der Waals surface area (Å²) in [6, 6.07) is 12.6. The van der Waals surface area contributed by atoms with Crippen LogP contribution in [0.3, 0.4) is 0 Å². The highest BCUT2D eigenvalue weighted by Crippen LogP contribution is 2.28. The van der Waals surface area contributed by atoms with E-state index in [1.54, 1.807) is 58.2 Å². The van der Waals surface area contributed by atoms with E-state index in [0.29, 0.717) is 17.1 Å². The van der Waals surface area contributed by atoms with E-state index in [-0.39, 0.29) is 32.6 Å². The molecule has 1 amide bonds. The molecule has 40 heavy (non-hydrogen) atoms. The van der Waals surface area contributed by atoms with Crippen LogP contribution in [0.25, 0.3) is 5.69 Å². The van der Waals surface area contributed by atoms with Crippen LogP contribution in [0.15, 0.2) is 62.7 Å². The maximum absolute atomic E-state index is 13.3. The molecule has 0 saturated heterocycles. The van der Waals surface area contributed by atoms with E-state index < -0.39 is 33.6 Å². The molecule has 2 aromatic carbocycles. The zero-order chi connectivity index (χ0) is 29.4. The first-order valence-corrected chi connectivity index (χ1v) is 13.8. The molecule has 14 heteroatoms. The SMILES string of the molecule is Cc1noc(C)c1C(=O)OC(C)C(=O)Nc1ccc(Cl)c(S(=O)(=O)Nc2c(C)n(C)n(-c3ccccc3)c2=O)c1. The van der Waals surface area contributed by atoms with Crippen molar-refractivity contribution in [1.29, 1.82) is 0 Å². The zero-order valence-electron chi connectivity index (χ0n) is 22.2. The average Bonchev–Trinajstić information content (AvgIpc) is 3.35. The number of ether oxygens (including phenoxy) is 1. The van der Waals surface area contributed by atoms with Crippen molar-refractivity contribution in [2.75, 3.05) is 10.0 Å². The number of hydrogen-bond acceptors (Lipinski definition) is 8. The molecule has 0 spiro atoms. The number of carbonyl (C=O) groups excluding carboxylic acids is 2. The van der Waals surface area contributed by atoms with Gasteiger partial charge in [-0.15, -0.1) is 0 Å². The number of rotatable bonds is 8. The van der Waals surface area contributed by atoms with Crippen LogP contribution in [0.4, 0.5) is 11.4 Å². The lowest BCUT2D eigenvalue weighted by molar-refractivity contribution is -0.123. The molecule has 0 saturated carbocycles. The van der Waals surface area contributed by atoms with Crippen LogP contribution < -0.4 is 15.6 Å².